The Balaban J connectivity index is 2.10. The number of thiophene rings is 1. The first-order valence-corrected chi connectivity index (χ1v) is 7.82. The van der Waals surface area contributed by atoms with Crippen molar-refractivity contribution in [2.45, 2.75) is 24.7 Å². The SMILES string of the molecule is O=C([O-])c1nn2c(c1Br)N[C@@H](c1cccs1)C[C@@H]2C(F)(F)F. The van der Waals surface area contributed by atoms with Crippen LogP contribution in [0.4, 0.5) is 19.0 Å². The van der Waals surface area contributed by atoms with Crippen molar-refractivity contribution in [3.8, 4) is 0 Å². The fraction of sp³-hybridized carbons (Fsp3) is 0.333. The van der Waals surface area contributed by atoms with E-state index in [4.69, 9.17) is 0 Å². The van der Waals surface area contributed by atoms with Crippen LogP contribution in [0.5, 0.6) is 0 Å². The van der Waals surface area contributed by atoms with Gasteiger partial charge in [0.2, 0.25) is 0 Å². The fourth-order valence-corrected chi connectivity index (χ4v) is 3.72. The van der Waals surface area contributed by atoms with Gasteiger partial charge in [-0.05, 0) is 27.4 Å². The molecule has 5 nitrogen and oxygen atoms in total. The van der Waals surface area contributed by atoms with Gasteiger partial charge in [0.05, 0.1) is 16.5 Å². The number of nitrogens with zero attached hydrogens (tertiary/aromatic N) is 2. The monoisotopic (exact) mass is 394 g/mol. The Bertz CT molecular complexity index is 714. The number of rotatable bonds is 2. The van der Waals surface area contributed by atoms with Gasteiger partial charge in [-0.3, -0.25) is 0 Å². The first-order chi connectivity index (χ1) is 10.3. The Hall–Kier alpha value is -1.55. The maximum atomic E-state index is 13.3. The minimum Gasteiger partial charge on any atom is -0.543 e. The number of carbonyl (C=O) groups excluding carboxylic acids is 1. The van der Waals surface area contributed by atoms with E-state index in [1.165, 1.54) is 11.3 Å². The average molecular weight is 395 g/mol. The molecule has 0 unspecified atom stereocenters. The molecule has 3 heterocycles. The molecule has 0 saturated heterocycles. The molecule has 2 atom stereocenters. The molecule has 0 saturated carbocycles. The fourth-order valence-electron chi connectivity index (χ4n) is 2.40. The third kappa shape index (κ3) is 2.50. The van der Waals surface area contributed by atoms with Gasteiger partial charge in [0.1, 0.15) is 11.5 Å². The number of aromatic carboxylic acids is 1. The number of fused-ring (bicyclic) bond motifs is 1. The summed E-state index contributed by atoms with van der Waals surface area (Å²) in [5.41, 5.74) is -0.552. The number of nitrogens with one attached hydrogen (secondary N) is 1. The molecule has 118 valence electrons. The summed E-state index contributed by atoms with van der Waals surface area (Å²) in [4.78, 5) is 11.7. The van der Waals surface area contributed by atoms with Crippen molar-refractivity contribution in [1.82, 2.24) is 9.78 Å². The van der Waals surface area contributed by atoms with Crippen LogP contribution in [-0.2, 0) is 0 Å². The standard InChI is InChI=1S/C12H9BrF3N3O2S/c13-8-9(11(20)21)18-19-7(12(14,15)16)4-5(17-10(8)19)6-2-1-3-22-6/h1-3,5,7,17H,4H2,(H,20,21)/p-1/t5-,7-/m1/s1. The largest absolute Gasteiger partial charge is 0.543 e. The predicted molar refractivity (Wildman–Crippen MR) is 74.6 cm³/mol. The number of anilines is 1. The van der Waals surface area contributed by atoms with Gasteiger partial charge in [-0.15, -0.1) is 11.3 Å². The van der Waals surface area contributed by atoms with Crippen molar-refractivity contribution in [1.29, 1.82) is 0 Å². The van der Waals surface area contributed by atoms with Gasteiger partial charge in [-0.2, -0.15) is 18.3 Å². The van der Waals surface area contributed by atoms with Crippen molar-refractivity contribution in [3.63, 3.8) is 0 Å². The molecule has 0 amide bonds. The Kier molecular flexibility index (Phi) is 3.68. The van der Waals surface area contributed by atoms with Gasteiger partial charge in [-0.1, -0.05) is 6.07 Å². The smallest absolute Gasteiger partial charge is 0.410 e. The summed E-state index contributed by atoms with van der Waals surface area (Å²) in [6, 6.07) is 1.01. The lowest BCUT2D eigenvalue weighted by Gasteiger charge is -2.33. The number of alkyl halides is 3. The van der Waals surface area contributed by atoms with E-state index < -0.39 is 29.9 Å². The minimum absolute atomic E-state index is 0.00817. The third-order valence-electron chi connectivity index (χ3n) is 3.38. The number of halogens is 4. The Morgan fingerprint density at radius 1 is 1.55 bits per heavy atom. The summed E-state index contributed by atoms with van der Waals surface area (Å²) in [6.07, 6.45) is -4.81. The highest BCUT2D eigenvalue weighted by molar-refractivity contribution is 9.10. The Labute approximate surface area is 134 Å². The molecule has 1 aliphatic heterocycles. The van der Waals surface area contributed by atoms with Gasteiger partial charge in [0.15, 0.2) is 6.04 Å². The van der Waals surface area contributed by atoms with Crippen LogP contribution in [0.15, 0.2) is 22.0 Å². The molecule has 0 aromatic carbocycles. The summed E-state index contributed by atoms with van der Waals surface area (Å²) in [5.74, 6) is -1.64. The Morgan fingerprint density at radius 3 is 2.82 bits per heavy atom. The molecule has 1 N–H and O–H groups in total. The predicted octanol–water partition coefficient (Wildman–Crippen LogP) is 2.73. The van der Waals surface area contributed by atoms with Gasteiger partial charge < -0.3 is 15.2 Å². The normalized spacial score (nSPS) is 21.3. The van der Waals surface area contributed by atoms with Gasteiger partial charge in [-0.25, -0.2) is 4.68 Å². The second-order valence-electron chi connectivity index (χ2n) is 4.75. The van der Waals surface area contributed by atoms with Crippen LogP contribution in [0.25, 0.3) is 0 Å². The average Bonchev–Trinajstić information content (AvgIpc) is 3.05. The quantitative estimate of drug-likeness (QED) is 0.849. The van der Waals surface area contributed by atoms with Crippen LogP contribution in [-0.4, -0.2) is 21.9 Å². The van der Waals surface area contributed by atoms with E-state index >= 15 is 0 Å². The molecule has 2 aromatic heterocycles. The summed E-state index contributed by atoms with van der Waals surface area (Å²) in [5, 5.41) is 19.2. The van der Waals surface area contributed by atoms with Crippen molar-refractivity contribution in [2.75, 3.05) is 5.32 Å². The molecule has 0 fully saturated rings. The maximum absolute atomic E-state index is 13.3. The van der Waals surface area contributed by atoms with E-state index in [0.717, 1.165) is 4.88 Å². The molecule has 22 heavy (non-hydrogen) atoms. The van der Waals surface area contributed by atoms with Crippen LogP contribution >= 0.6 is 27.3 Å². The molecule has 3 rings (SSSR count). The first-order valence-electron chi connectivity index (χ1n) is 6.15. The highest BCUT2D eigenvalue weighted by atomic mass is 79.9. The van der Waals surface area contributed by atoms with Gasteiger partial charge >= 0.3 is 6.18 Å². The topological polar surface area (TPSA) is 70.0 Å². The van der Waals surface area contributed by atoms with E-state index in [1.807, 2.05) is 0 Å². The summed E-state index contributed by atoms with van der Waals surface area (Å²) < 4.78 is 40.6. The van der Waals surface area contributed by atoms with E-state index in [9.17, 15) is 23.1 Å². The molecule has 10 heteroatoms. The van der Waals surface area contributed by atoms with Gasteiger partial charge in [0, 0.05) is 11.3 Å². The Morgan fingerprint density at radius 2 is 2.27 bits per heavy atom. The van der Waals surface area contributed by atoms with Crippen molar-refractivity contribution >= 4 is 39.1 Å². The number of carboxylic acid groups (broad SMARTS) is 1. The lowest BCUT2D eigenvalue weighted by Crippen LogP contribution is -2.35. The van der Waals surface area contributed by atoms with Crippen molar-refractivity contribution < 1.29 is 23.1 Å². The molecule has 0 radical (unpaired) electrons. The van der Waals surface area contributed by atoms with Crippen LogP contribution in [0.2, 0.25) is 0 Å². The molecule has 1 aliphatic rings. The van der Waals surface area contributed by atoms with Gasteiger partial charge in [0.25, 0.3) is 0 Å². The van der Waals surface area contributed by atoms with Crippen molar-refractivity contribution in [2.24, 2.45) is 0 Å². The molecule has 0 spiro atoms. The number of hydrogen-bond donors (Lipinski definition) is 1. The van der Waals surface area contributed by atoms with Crippen LogP contribution in [0.1, 0.15) is 33.9 Å². The lowest BCUT2D eigenvalue weighted by atomic mass is 10.0. The van der Waals surface area contributed by atoms with Crippen LogP contribution < -0.4 is 10.4 Å². The molecular weight excluding hydrogens is 387 g/mol. The molecule has 2 aromatic rings. The lowest BCUT2D eigenvalue weighted by molar-refractivity contribution is -0.255. The molecule has 0 aliphatic carbocycles. The second kappa shape index (κ2) is 5.27. The van der Waals surface area contributed by atoms with Crippen molar-refractivity contribution in [3.05, 3.63) is 32.6 Å². The zero-order valence-electron chi connectivity index (χ0n) is 10.7. The number of aromatic nitrogens is 2. The van der Waals surface area contributed by atoms with E-state index in [1.54, 1.807) is 17.5 Å². The maximum Gasteiger partial charge on any atom is 0.410 e. The molecule has 0 bridgehead atoms. The van der Waals surface area contributed by atoms with E-state index in [-0.39, 0.29) is 16.7 Å². The minimum atomic E-state index is -4.54. The van der Waals surface area contributed by atoms with E-state index in [0.29, 0.717) is 4.68 Å². The van der Waals surface area contributed by atoms with E-state index in [2.05, 4.69) is 26.3 Å². The third-order valence-corrected chi connectivity index (χ3v) is 5.11. The van der Waals surface area contributed by atoms with Crippen LogP contribution in [0.3, 0.4) is 0 Å². The first kappa shape index (κ1) is 15.3. The zero-order valence-corrected chi connectivity index (χ0v) is 13.1. The second-order valence-corrected chi connectivity index (χ2v) is 6.52. The molecular formula is C12H8BrF3N3O2S-. The number of hydrogen-bond acceptors (Lipinski definition) is 5. The summed E-state index contributed by atoms with van der Waals surface area (Å²) in [7, 11) is 0. The summed E-state index contributed by atoms with van der Waals surface area (Å²) in [6.45, 7) is 0. The highest BCUT2D eigenvalue weighted by Gasteiger charge is 2.47. The number of carbonyl (C=O) groups is 1. The number of carboxylic acids is 1. The van der Waals surface area contributed by atoms with Crippen LogP contribution in [0, 0.1) is 0 Å². The zero-order chi connectivity index (χ0) is 16.1. The highest BCUT2D eigenvalue weighted by Crippen LogP contribution is 2.46. The summed E-state index contributed by atoms with van der Waals surface area (Å²) >= 11 is 4.32.